The number of nitrogens with zero attached hydrogens (tertiary/aromatic N) is 5. The van der Waals surface area contributed by atoms with E-state index in [2.05, 4.69) is 26.6 Å². The quantitative estimate of drug-likeness (QED) is 0.0425. The fourth-order valence-electron chi connectivity index (χ4n) is 7.14. The molecule has 4 atom stereocenters. The smallest absolute Gasteiger partial charge is 0.475 e. The topological polar surface area (TPSA) is 368 Å². The second-order valence-electron chi connectivity index (χ2n) is 15.9. The molecular weight excluding hydrogens is 851 g/mol. The van der Waals surface area contributed by atoms with Crippen LogP contribution < -0.4 is 26.6 Å². The molecule has 0 aliphatic carbocycles. The number of rotatable bonds is 23. The van der Waals surface area contributed by atoms with Crippen LogP contribution in [0.5, 0.6) is 0 Å². The van der Waals surface area contributed by atoms with Crippen molar-refractivity contribution >= 4 is 66.4 Å². The minimum Gasteiger partial charge on any atom is -0.480 e. The first-order valence-electron chi connectivity index (χ1n) is 20.9. The Morgan fingerprint density at radius 3 is 1.45 bits per heavy atom. The molecule has 0 saturated carbocycles. The van der Waals surface area contributed by atoms with E-state index >= 15 is 0 Å². The highest BCUT2D eigenvalue weighted by atomic mass is 16.4. The maximum absolute atomic E-state index is 13.0. The first-order chi connectivity index (χ1) is 30.1. The van der Waals surface area contributed by atoms with E-state index in [-0.39, 0.29) is 78.3 Å². The highest BCUT2D eigenvalue weighted by Crippen LogP contribution is 2.19. The Kier molecular flexibility index (Phi) is 23.6. The zero-order chi connectivity index (χ0) is 48.1. The van der Waals surface area contributed by atoms with Gasteiger partial charge in [-0.3, -0.25) is 67.5 Å². The molecule has 2 heterocycles. The molecule has 0 radical (unpaired) electrons. The molecule has 0 aromatic carbocycles. The summed E-state index contributed by atoms with van der Waals surface area (Å²) in [4.78, 5) is 131. The molecule has 2 aliphatic heterocycles. The number of carboxylic acids is 4. The van der Waals surface area contributed by atoms with Crippen molar-refractivity contribution in [2.45, 2.75) is 70.5 Å². The van der Waals surface area contributed by atoms with Crippen LogP contribution in [-0.2, 0) is 47.9 Å². The fourth-order valence-corrected chi connectivity index (χ4v) is 7.14. The zero-order valence-electron chi connectivity index (χ0n) is 36.4. The highest BCUT2D eigenvalue weighted by molar-refractivity contribution is 6.43. The van der Waals surface area contributed by atoms with Crippen molar-refractivity contribution in [2.24, 2.45) is 5.92 Å². The zero-order valence-corrected chi connectivity index (χ0v) is 36.4. The minimum atomic E-state index is -1.73. The molecule has 2 saturated heterocycles. The summed E-state index contributed by atoms with van der Waals surface area (Å²) in [6.07, 6.45) is 0.340. The average molecular weight is 915 g/mol. The standard InChI is InChI=1S/C37H63BN10O16/c1-23(2)34(35(59)42-24(3)36(60)48-8-4-5-26(48)38(63)64)43-30(52)19-41-29(51)18-40-28(50)17-39-27(49)7-6-25(37(61)62)47-15-13-45(21-32(55)56)11-9-44(20-31(53)54)10-12-46(14-16-47)22-33(57)58/h23-26,34,63-64H,4-22H2,1-3H3,(H,39,49)(H,40,50)(H,41,51)(H,42,59)(H,43,52)(H,53,54)(H,55,56)(H,57,58)(H,61,62)/t24-,25-,26+,34+/m1/s1. The predicted octanol–water partition coefficient (Wildman–Crippen LogP) is -6.31. The summed E-state index contributed by atoms with van der Waals surface area (Å²) < 4.78 is 0. The summed E-state index contributed by atoms with van der Waals surface area (Å²) >= 11 is 0. The molecule has 2 rings (SSSR count). The molecule has 0 aromatic rings. The third-order valence-electron chi connectivity index (χ3n) is 10.6. The van der Waals surface area contributed by atoms with Crippen molar-refractivity contribution in [3.8, 4) is 0 Å². The molecule has 64 heavy (non-hydrogen) atoms. The van der Waals surface area contributed by atoms with Gasteiger partial charge in [-0.1, -0.05) is 13.8 Å². The summed E-state index contributed by atoms with van der Waals surface area (Å²) in [5, 5.41) is 69.5. The average Bonchev–Trinajstić information content (AvgIpc) is 3.70. The van der Waals surface area contributed by atoms with Gasteiger partial charge in [-0.25, -0.2) is 0 Å². The Hall–Kier alpha value is -5.48. The fraction of sp³-hybridized carbons (Fsp3) is 0.730. The second kappa shape index (κ2) is 27.7. The Balaban J connectivity index is 1.88. The number of hydrogen-bond donors (Lipinski definition) is 11. The van der Waals surface area contributed by atoms with Crippen LogP contribution >= 0.6 is 0 Å². The number of carbonyl (C=O) groups excluding carboxylic acids is 6. The Morgan fingerprint density at radius 1 is 0.594 bits per heavy atom. The molecule has 6 amide bonds. The van der Waals surface area contributed by atoms with Gasteiger partial charge in [0.15, 0.2) is 0 Å². The van der Waals surface area contributed by atoms with Gasteiger partial charge in [-0.15, -0.1) is 0 Å². The van der Waals surface area contributed by atoms with Gasteiger partial charge in [-0.2, -0.15) is 0 Å². The predicted molar refractivity (Wildman–Crippen MR) is 223 cm³/mol. The van der Waals surface area contributed by atoms with Crippen LogP contribution in [0.3, 0.4) is 0 Å². The Morgan fingerprint density at radius 2 is 1.03 bits per heavy atom. The lowest BCUT2D eigenvalue weighted by molar-refractivity contribution is -0.145. The molecular formula is C37H63BN10O16. The van der Waals surface area contributed by atoms with E-state index in [0.29, 0.717) is 12.8 Å². The van der Waals surface area contributed by atoms with E-state index < -0.39 is 129 Å². The first-order valence-corrected chi connectivity index (χ1v) is 20.9. The van der Waals surface area contributed by atoms with Crippen molar-refractivity contribution in [1.29, 1.82) is 0 Å². The lowest BCUT2D eigenvalue weighted by Gasteiger charge is -2.35. The molecule has 26 nitrogen and oxygen atoms in total. The highest BCUT2D eigenvalue weighted by Gasteiger charge is 2.39. The van der Waals surface area contributed by atoms with E-state index in [9.17, 15) is 78.4 Å². The van der Waals surface area contributed by atoms with Crippen LogP contribution in [0.2, 0.25) is 0 Å². The van der Waals surface area contributed by atoms with Gasteiger partial charge in [0.25, 0.3) is 0 Å². The molecule has 0 aromatic heterocycles. The number of carboxylic acid groups (broad SMARTS) is 4. The summed E-state index contributed by atoms with van der Waals surface area (Å²) in [5.41, 5.74) is 0. The molecule has 2 fully saturated rings. The van der Waals surface area contributed by atoms with E-state index in [1.54, 1.807) is 18.7 Å². The maximum Gasteiger partial charge on any atom is 0.475 e. The maximum atomic E-state index is 13.0. The lowest BCUT2D eigenvalue weighted by atomic mass is 9.78. The number of hydrogen-bond acceptors (Lipinski definition) is 16. The second-order valence-corrected chi connectivity index (χ2v) is 15.9. The Labute approximate surface area is 370 Å². The van der Waals surface area contributed by atoms with Gasteiger partial charge in [0.05, 0.1) is 45.2 Å². The van der Waals surface area contributed by atoms with Crippen LogP contribution in [0, 0.1) is 5.92 Å². The molecule has 0 unspecified atom stereocenters. The van der Waals surface area contributed by atoms with E-state index in [1.165, 1.54) is 26.5 Å². The van der Waals surface area contributed by atoms with Gasteiger partial charge < -0.3 is 62.0 Å². The van der Waals surface area contributed by atoms with Crippen molar-refractivity contribution in [3.05, 3.63) is 0 Å². The lowest BCUT2D eigenvalue weighted by Crippen LogP contribution is -2.57. The summed E-state index contributed by atoms with van der Waals surface area (Å²) in [5.74, 6) is -10.2. The molecule has 360 valence electrons. The first kappa shape index (κ1) is 54.7. The normalized spacial score (nSPS) is 18.6. The van der Waals surface area contributed by atoms with Crippen LogP contribution in [-0.4, -0.2) is 244 Å². The van der Waals surface area contributed by atoms with Crippen LogP contribution in [0.25, 0.3) is 0 Å². The summed E-state index contributed by atoms with van der Waals surface area (Å²) in [7, 11) is -1.73. The van der Waals surface area contributed by atoms with Gasteiger partial charge in [0, 0.05) is 65.3 Å². The number of amides is 6. The van der Waals surface area contributed by atoms with Crippen LogP contribution in [0.1, 0.15) is 46.5 Å². The minimum absolute atomic E-state index is 0.00592. The van der Waals surface area contributed by atoms with Gasteiger partial charge >= 0.3 is 31.0 Å². The van der Waals surface area contributed by atoms with Crippen molar-refractivity contribution in [3.63, 3.8) is 0 Å². The van der Waals surface area contributed by atoms with Crippen molar-refractivity contribution in [2.75, 3.05) is 98.2 Å². The summed E-state index contributed by atoms with van der Waals surface area (Å²) in [6, 6.07) is -3.42. The van der Waals surface area contributed by atoms with Gasteiger partial charge in [0.1, 0.15) is 18.1 Å². The molecule has 0 spiro atoms. The molecule has 2 aliphatic rings. The van der Waals surface area contributed by atoms with E-state index in [0.717, 1.165) is 0 Å². The van der Waals surface area contributed by atoms with Crippen molar-refractivity contribution < 1.29 is 78.4 Å². The largest absolute Gasteiger partial charge is 0.480 e. The molecule has 11 N–H and O–H groups in total. The van der Waals surface area contributed by atoms with E-state index in [4.69, 9.17) is 0 Å². The third-order valence-corrected chi connectivity index (χ3v) is 10.6. The summed E-state index contributed by atoms with van der Waals surface area (Å²) in [6.45, 7) is 2.72. The Bertz CT molecular complexity index is 1630. The third kappa shape index (κ3) is 20.4. The number of aliphatic carboxylic acids is 4. The number of likely N-dealkylation sites (tertiary alicyclic amines) is 1. The SMILES string of the molecule is CC(C)[C@H](NC(=O)CNC(=O)CNC(=O)CNC(=O)CC[C@H](C(=O)O)N1CCN(CC(=O)O)CCN(CC(=O)O)CCN(CC(=O)O)CC1)C(=O)N[C@H](C)C(=O)N1CCC[C@H]1B(O)O. The molecule has 0 bridgehead atoms. The van der Waals surface area contributed by atoms with E-state index in [1.807, 2.05) is 0 Å². The monoisotopic (exact) mass is 914 g/mol. The van der Waals surface area contributed by atoms with Gasteiger partial charge in [0.2, 0.25) is 35.4 Å². The van der Waals surface area contributed by atoms with Crippen molar-refractivity contribution in [1.82, 2.24) is 51.1 Å². The molecule has 27 heteroatoms. The van der Waals surface area contributed by atoms with Crippen LogP contribution in [0.4, 0.5) is 0 Å². The number of carbonyl (C=O) groups is 10. The van der Waals surface area contributed by atoms with Gasteiger partial charge in [-0.05, 0) is 32.1 Å². The number of nitrogens with one attached hydrogen (secondary N) is 5. The van der Waals surface area contributed by atoms with Crippen LogP contribution in [0.15, 0.2) is 0 Å².